The summed E-state index contributed by atoms with van der Waals surface area (Å²) in [5.74, 6) is 0.403. The smallest absolute Gasteiger partial charge is 0.257 e. The van der Waals surface area contributed by atoms with E-state index in [1.54, 1.807) is 24.1 Å². The lowest BCUT2D eigenvalue weighted by Gasteiger charge is -2.21. The van der Waals surface area contributed by atoms with E-state index in [4.69, 9.17) is 4.42 Å². The van der Waals surface area contributed by atoms with Crippen LogP contribution in [0.4, 0.5) is 0 Å². The first-order valence-electron chi connectivity index (χ1n) is 11.1. The first kappa shape index (κ1) is 23.6. The molecule has 4 rings (SSSR count). The SMILES string of the molecule is CC(C)N(C)C(=O)c1ccc(CNC(=O)c2ccccc2CSc2nc3ccccc3o2)cc1. The Labute approximate surface area is 203 Å². The van der Waals surface area contributed by atoms with Crippen LogP contribution in [0.1, 0.15) is 45.7 Å². The van der Waals surface area contributed by atoms with E-state index in [0.717, 1.165) is 22.2 Å². The Kier molecular flexibility index (Phi) is 7.33. The molecule has 0 aliphatic carbocycles. The summed E-state index contributed by atoms with van der Waals surface area (Å²) >= 11 is 1.46. The Hall–Kier alpha value is -3.58. The molecule has 0 aliphatic heterocycles. The number of hydrogen-bond acceptors (Lipinski definition) is 5. The highest BCUT2D eigenvalue weighted by atomic mass is 32.2. The monoisotopic (exact) mass is 473 g/mol. The summed E-state index contributed by atoms with van der Waals surface area (Å²) < 4.78 is 5.77. The molecule has 0 saturated heterocycles. The van der Waals surface area contributed by atoms with Crippen LogP contribution in [-0.4, -0.2) is 34.8 Å². The van der Waals surface area contributed by atoms with Crippen LogP contribution in [0.2, 0.25) is 0 Å². The Bertz CT molecular complexity index is 1260. The largest absolute Gasteiger partial charge is 0.431 e. The first-order valence-corrected chi connectivity index (χ1v) is 12.1. The minimum absolute atomic E-state index is 0.0176. The van der Waals surface area contributed by atoms with Gasteiger partial charge in [-0.15, -0.1) is 0 Å². The summed E-state index contributed by atoms with van der Waals surface area (Å²) in [4.78, 5) is 31.5. The number of rotatable bonds is 8. The summed E-state index contributed by atoms with van der Waals surface area (Å²) in [6.45, 7) is 4.33. The van der Waals surface area contributed by atoms with Gasteiger partial charge in [-0.1, -0.05) is 54.2 Å². The average molecular weight is 474 g/mol. The fourth-order valence-corrected chi connectivity index (χ4v) is 4.24. The summed E-state index contributed by atoms with van der Waals surface area (Å²) in [5, 5.41) is 3.56. The molecule has 1 heterocycles. The Morgan fingerprint density at radius 2 is 1.71 bits per heavy atom. The zero-order valence-corrected chi connectivity index (χ0v) is 20.3. The molecule has 0 aliphatic rings. The van der Waals surface area contributed by atoms with E-state index in [1.165, 1.54) is 11.8 Å². The van der Waals surface area contributed by atoms with Gasteiger partial charge in [0, 0.05) is 36.5 Å². The molecule has 3 aromatic carbocycles. The van der Waals surface area contributed by atoms with Gasteiger partial charge in [0.15, 0.2) is 5.58 Å². The number of thioether (sulfide) groups is 1. The third kappa shape index (κ3) is 5.48. The summed E-state index contributed by atoms with van der Waals surface area (Å²) in [7, 11) is 1.79. The van der Waals surface area contributed by atoms with E-state index in [1.807, 2.05) is 74.5 Å². The van der Waals surface area contributed by atoms with E-state index >= 15 is 0 Å². The Balaban J connectivity index is 1.37. The third-order valence-corrected chi connectivity index (χ3v) is 6.51. The number of fused-ring (bicyclic) bond motifs is 1. The predicted octanol–water partition coefficient (Wildman–Crippen LogP) is 5.53. The van der Waals surface area contributed by atoms with Crippen molar-refractivity contribution in [3.05, 3.63) is 95.1 Å². The molecule has 4 aromatic rings. The van der Waals surface area contributed by atoms with Crippen molar-refractivity contribution in [1.82, 2.24) is 15.2 Å². The number of para-hydroxylation sites is 2. The number of benzene rings is 3. The number of aromatic nitrogens is 1. The van der Waals surface area contributed by atoms with Gasteiger partial charge >= 0.3 is 0 Å². The normalized spacial score (nSPS) is 11.1. The van der Waals surface area contributed by atoms with Crippen LogP contribution in [0.3, 0.4) is 0 Å². The lowest BCUT2D eigenvalue weighted by molar-refractivity contribution is 0.0754. The van der Waals surface area contributed by atoms with Crippen LogP contribution >= 0.6 is 11.8 Å². The van der Waals surface area contributed by atoms with Gasteiger partial charge in [0.05, 0.1) is 0 Å². The molecule has 6 nitrogen and oxygen atoms in total. The molecule has 1 N–H and O–H groups in total. The summed E-state index contributed by atoms with van der Waals surface area (Å²) in [6, 6.07) is 22.6. The molecule has 0 radical (unpaired) electrons. The number of nitrogens with zero attached hydrogens (tertiary/aromatic N) is 2. The first-order chi connectivity index (χ1) is 16.4. The molecule has 0 saturated carbocycles. The fourth-order valence-electron chi connectivity index (χ4n) is 3.40. The molecular weight excluding hydrogens is 446 g/mol. The van der Waals surface area contributed by atoms with Gasteiger partial charge in [-0.3, -0.25) is 9.59 Å². The predicted molar refractivity (Wildman–Crippen MR) is 135 cm³/mol. The zero-order valence-electron chi connectivity index (χ0n) is 19.4. The van der Waals surface area contributed by atoms with Crippen molar-refractivity contribution in [2.45, 2.75) is 37.4 Å². The van der Waals surface area contributed by atoms with Crippen LogP contribution in [0.25, 0.3) is 11.1 Å². The van der Waals surface area contributed by atoms with Gasteiger partial charge in [0.2, 0.25) is 0 Å². The molecule has 0 fully saturated rings. The molecule has 34 heavy (non-hydrogen) atoms. The molecule has 0 spiro atoms. The topological polar surface area (TPSA) is 75.4 Å². The molecule has 0 bridgehead atoms. The van der Waals surface area contributed by atoms with Crippen molar-refractivity contribution < 1.29 is 14.0 Å². The van der Waals surface area contributed by atoms with Gasteiger partial charge < -0.3 is 14.6 Å². The standard InChI is InChI=1S/C27H27N3O3S/c1-18(2)30(3)26(32)20-14-12-19(13-15-20)16-28-25(31)22-9-5-4-8-21(22)17-34-27-29-23-10-6-7-11-24(23)33-27/h4-15,18H,16-17H2,1-3H3,(H,28,31). The minimum Gasteiger partial charge on any atom is -0.431 e. The highest BCUT2D eigenvalue weighted by Gasteiger charge is 2.15. The molecule has 0 unspecified atom stereocenters. The van der Waals surface area contributed by atoms with E-state index in [2.05, 4.69) is 10.3 Å². The molecule has 1 aromatic heterocycles. The highest BCUT2D eigenvalue weighted by molar-refractivity contribution is 7.98. The van der Waals surface area contributed by atoms with Crippen molar-refractivity contribution in [1.29, 1.82) is 0 Å². The number of oxazole rings is 1. The maximum absolute atomic E-state index is 12.9. The fraction of sp³-hybridized carbons (Fsp3) is 0.222. The van der Waals surface area contributed by atoms with Gasteiger partial charge in [-0.2, -0.15) is 0 Å². The van der Waals surface area contributed by atoms with Crippen LogP contribution < -0.4 is 5.32 Å². The minimum atomic E-state index is -0.145. The number of hydrogen-bond donors (Lipinski definition) is 1. The van der Waals surface area contributed by atoms with Crippen LogP contribution in [0.15, 0.2) is 82.4 Å². The van der Waals surface area contributed by atoms with Gasteiger partial charge in [0.1, 0.15) is 5.52 Å². The molecule has 174 valence electrons. The number of carbonyl (C=O) groups is 2. The average Bonchev–Trinajstić information content (AvgIpc) is 3.28. The summed E-state index contributed by atoms with van der Waals surface area (Å²) in [6.07, 6.45) is 0. The lowest BCUT2D eigenvalue weighted by Crippen LogP contribution is -2.32. The van der Waals surface area contributed by atoms with Crippen LogP contribution in [0, 0.1) is 0 Å². The maximum atomic E-state index is 12.9. The van der Waals surface area contributed by atoms with E-state index < -0.39 is 0 Å². The maximum Gasteiger partial charge on any atom is 0.257 e. The highest BCUT2D eigenvalue weighted by Crippen LogP contribution is 2.27. The van der Waals surface area contributed by atoms with E-state index in [-0.39, 0.29) is 17.9 Å². The number of carbonyl (C=O) groups excluding carboxylic acids is 2. The van der Waals surface area contributed by atoms with Crippen molar-refractivity contribution in [3.8, 4) is 0 Å². The molecule has 7 heteroatoms. The third-order valence-electron chi connectivity index (χ3n) is 5.64. The van der Waals surface area contributed by atoms with Gasteiger partial charge in [-0.25, -0.2) is 4.98 Å². The summed E-state index contributed by atoms with van der Waals surface area (Å²) in [5.41, 5.74) is 4.66. The quantitative estimate of drug-likeness (QED) is 0.341. The second kappa shape index (κ2) is 10.6. The van der Waals surface area contributed by atoms with E-state index in [0.29, 0.717) is 28.6 Å². The number of amides is 2. The van der Waals surface area contributed by atoms with Crippen molar-refractivity contribution in [3.63, 3.8) is 0 Å². The Morgan fingerprint density at radius 3 is 2.44 bits per heavy atom. The van der Waals surface area contributed by atoms with E-state index in [9.17, 15) is 9.59 Å². The van der Waals surface area contributed by atoms with Crippen LogP contribution in [-0.2, 0) is 12.3 Å². The molecular formula is C27H27N3O3S. The second-order valence-electron chi connectivity index (χ2n) is 8.28. The van der Waals surface area contributed by atoms with Crippen molar-refractivity contribution in [2.75, 3.05) is 7.05 Å². The van der Waals surface area contributed by atoms with Gasteiger partial charge in [-0.05, 0) is 55.3 Å². The molecule has 2 amide bonds. The Morgan fingerprint density at radius 1 is 1.00 bits per heavy atom. The molecule has 0 atom stereocenters. The van der Waals surface area contributed by atoms with Crippen LogP contribution in [0.5, 0.6) is 0 Å². The lowest BCUT2D eigenvalue weighted by atomic mass is 10.1. The number of nitrogens with one attached hydrogen (secondary N) is 1. The second-order valence-corrected chi connectivity index (χ2v) is 9.21. The zero-order chi connectivity index (χ0) is 24.1. The van der Waals surface area contributed by atoms with Crippen molar-refractivity contribution >= 4 is 34.7 Å². The van der Waals surface area contributed by atoms with Crippen molar-refractivity contribution in [2.24, 2.45) is 0 Å². The van der Waals surface area contributed by atoms with Gasteiger partial charge in [0.25, 0.3) is 17.0 Å².